The normalized spacial score (nSPS) is 11.7. The van der Waals surface area contributed by atoms with Crippen LogP contribution in [0.1, 0.15) is 26.7 Å². The second-order valence-corrected chi connectivity index (χ2v) is 2.10. The Morgan fingerprint density at radius 2 is 2.10 bits per heavy atom. The number of rotatable bonds is 4. The number of nitrogens with zero attached hydrogens (tertiary/aromatic N) is 2. The molecule has 0 aliphatic heterocycles. The molecule has 0 saturated carbocycles. The molecule has 0 rings (SSSR count). The summed E-state index contributed by atoms with van der Waals surface area (Å²) in [6.45, 7) is 4.66. The number of amidine groups is 1. The van der Waals surface area contributed by atoms with Gasteiger partial charge in [0.25, 0.3) is 0 Å². The standard InChI is InChI=1S/C6H16N4/c1-3-5-6(7)9-10(8)4-2/h3-5,8H2,1-2H3,(H2,7,9). The van der Waals surface area contributed by atoms with E-state index in [0.717, 1.165) is 12.8 Å². The van der Waals surface area contributed by atoms with E-state index in [0.29, 0.717) is 12.4 Å². The largest absolute Gasteiger partial charge is 0.386 e. The van der Waals surface area contributed by atoms with Crippen molar-refractivity contribution in [3.05, 3.63) is 0 Å². The molecule has 0 atom stereocenters. The molecule has 0 aliphatic carbocycles. The van der Waals surface area contributed by atoms with Crippen LogP contribution in [0.3, 0.4) is 0 Å². The van der Waals surface area contributed by atoms with Crippen molar-refractivity contribution in [2.45, 2.75) is 26.7 Å². The minimum absolute atomic E-state index is 0.604. The van der Waals surface area contributed by atoms with E-state index in [1.165, 1.54) is 5.12 Å². The van der Waals surface area contributed by atoms with Gasteiger partial charge in [-0.2, -0.15) is 0 Å². The maximum Gasteiger partial charge on any atom is 0.121 e. The van der Waals surface area contributed by atoms with Crippen molar-refractivity contribution < 1.29 is 0 Å². The van der Waals surface area contributed by atoms with Crippen LogP contribution in [-0.2, 0) is 0 Å². The van der Waals surface area contributed by atoms with Gasteiger partial charge in [0.05, 0.1) is 6.54 Å². The fourth-order valence-corrected chi connectivity index (χ4v) is 0.542. The quantitative estimate of drug-likeness (QED) is 0.257. The molecular formula is C6H16N4. The van der Waals surface area contributed by atoms with Gasteiger partial charge in [0.1, 0.15) is 5.84 Å². The van der Waals surface area contributed by atoms with Crippen LogP contribution in [0.2, 0.25) is 0 Å². The minimum Gasteiger partial charge on any atom is -0.386 e. The van der Waals surface area contributed by atoms with Crippen LogP contribution in [0.4, 0.5) is 0 Å². The summed E-state index contributed by atoms with van der Waals surface area (Å²) in [7, 11) is 0. The summed E-state index contributed by atoms with van der Waals surface area (Å²) < 4.78 is 0. The Morgan fingerprint density at radius 3 is 2.50 bits per heavy atom. The summed E-state index contributed by atoms with van der Waals surface area (Å²) in [5.74, 6) is 5.97. The van der Waals surface area contributed by atoms with Gasteiger partial charge in [0.2, 0.25) is 0 Å². The second kappa shape index (κ2) is 5.05. The van der Waals surface area contributed by atoms with E-state index in [2.05, 4.69) is 12.0 Å². The van der Waals surface area contributed by atoms with E-state index >= 15 is 0 Å². The molecule has 4 heteroatoms. The zero-order valence-electron chi connectivity index (χ0n) is 6.67. The highest BCUT2D eigenvalue weighted by Crippen LogP contribution is 1.87. The summed E-state index contributed by atoms with van der Waals surface area (Å²) in [4.78, 5) is 0. The molecule has 0 spiro atoms. The molecule has 10 heavy (non-hydrogen) atoms. The third-order valence-corrected chi connectivity index (χ3v) is 1.09. The molecular weight excluding hydrogens is 128 g/mol. The molecule has 0 radical (unpaired) electrons. The van der Waals surface area contributed by atoms with Gasteiger partial charge in [-0.15, -0.1) is 5.10 Å². The van der Waals surface area contributed by atoms with Gasteiger partial charge in [0, 0.05) is 6.42 Å². The zero-order valence-corrected chi connectivity index (χ0v) is 6.67. The number of hydrazine groups is 1. The number of nitrogens with two attached hydrogens (primary N) is 2. The monoisotopic (exact) mass is 144 g/mol. The molecule has 0 fully saturated rings. The van der Waals surface area contributed by atoms with Crippen molar-refractivity contribution in [1.82, 2.24) is 5.12 Å². The van der Waals surface area contributed by atoms with Crippen LogP contribution in [0.25, 0.3) is 0 Å². The Labute approximate surface area is 61.8 Å². The molecule has 0 aromatic rings. The van der Waals surface area contributed by atoms with Crippen molar-refractivity contribution in [3.8, 4) is 0 Å². The van der Waals surface area contributed by atoms with Gasteiger partial charge in [0.15, 0.2) is 0 Å². The Balaban J connectivity index is 3.65. The van der Waals surface area contributed by atoms with Crippen LogP contribution in [-0.4, -0.2) is 17.5 Å². The maximum atomic E-state index is 5.49. The fraction of sp³-hybridized carbons (Fsp3) is 0.833. The number of hydrazone groups is 1. The average Bonchev–Trinajstić information content (AvgIpc) is 1.88. The van der Waals surface area contributed by atoms with E-state index in [-0.39, 0.29) is 0 Å². The van der Waals surface area contributed by atoms with Gasteiger partial charge in [-0.1, -0.05) is 6.92 Å². The van der Waals surface area contributed by atoms with Gasteiger partial charge in [-0.3, -0.25) is 0 Å². The van der Waals surface area contributed by atoms with Gasteiger partial charge in [-0.05, 0) is 13.3 Å². The number of hydrogen-bond acceptors (Lipinski definition) is 3. The van der Waals surface area contributed by atoms with Crippen molar-refractivity contribution in [3.63, 3.8) is 0 Å². The molecule has 60 valence electrons. The Morgan fingerprint density at radius 1 is 1.50 bits per heavy atom. The van der Waals surface area contributed by atoms with E-state index in [4.69, 9.17) is 11.6 Å². The highest BCUT2D eigenvalue weighted by molar-refractivity contribution is 5.79. The van der Waals surface area contributed by atoms with E-state index in [1.807, 2.05) is 6.92 Å². The van der Waals surface area contributed by atoms with Crippen molar-refractivity contribution in [2.24, 2.45) is 16.7 Å². The Kier molecular flexibility index (Phi) is 4.66. The Hall–Kier alpha value is -0.770. The predicted octanol–water partition coefficient (Wildman–Crippen LogP) is 0.254. The van der Waals surface area contributed by atoms with E-state index in [1.54, 1.807) is 0 Å². The zero-order chi connectivity index (χ0) is 7.98. The molecule has 0 heterocycles. The SMILES string of the molecule is CCC/C(N)=N/N(N)CC. The molecule has 0 aromatic heterocycles. The molecule has 0 amide bonds. The van der Waals surface area contributed by atoms with E-state index < -0.39 is 0 Å². The molecule has 0 aromatic carbocycles. The highest BCUT2D eigenvalue weighted by atomic mass is 15.6. The molecule has 0 bridgehead atoms. The lowest BCUT2D eigenvalue weighted by Gasteiger charge is -2.09. The van der Waals surface area contributed by atoms with Crippen molar-refractivity contribution >= 4 is 5.84 Å². The first-order chi connectivity index (χ1) is 4.70. The number of hydrogen-bond donors (Lipinski definition) is 2. The van der Waals surface area contributed by atoms with Gasteiger partial charge >= 0.3 is 0 Å². The minimum atomic E-state index is 0.604. The third-order valence-electron chi connectivity index (χ3n) is 1.09. The first-order valence-corrected chi connectivity index (χ1v) is 3.55. The topological polar surface area (TPSA) is 67.6 Å². The molecule has 4 N–H and O–H groups in total. The third kappa shape index (κ3) is 4.14. The summed E-state index contributed by atoms with van der Waals surface area (Å²) in [6.07, 6.45) is 1.82. The van der Waals surface area contributed by atoms with Crippen LogP contribution < -0.4 is 11.6 Å². The lowest BCUT2D eigenvalue weighted by molar-refractivity contribution is 0.315. The highest BCUT2D eigenvalue weighted by Gasteiger charge is 1.91. The molecule has 4 nitrogen and oxygen atoms in total. The van der Waals surface area contributed by atoms with Crippen molar-refractivity contribution in [2.75, 3.05) is 6.54 Å². The first-order valence-electron chi connectivity index (χ1n) is 3.55. The fourth-order valence-electron chi connectivity index (χ4n) is 0.542. The second-order valence-electron chi connectivity index (χ2n) is 2.10. The summed E-state index contributed by atoms with van der Waals surface area (Å²) in [6, 6.07) is 0. The molecule has 0 saturated heterocycles. The average molecular weight is 144 g/mol. The first kappa shape index (κ1) is 9.23. The summed E-state index contributed by atoms with van der Waals surface area (Å²) in [5.41, 5.74) is 5.49. The van der Waals surface area contributed by atoms with Crippen LogP contribution in [0.5, 0.6) is 0 Å². The molecule has 0 unspecified atom stereocenters. The molecule has 0 aliphatic rings. The smallest absolute Gasteiger partial charge is 0.121 e. The van der Waals surface area contributed by atoms with Crippen LogP contribution in [0, 0.1) is 0 Å². The van der Waals surface area contributed by atoms with Crippen LogP contribution >= 0.6 is 0 Å². The van der Waals surface area contributed by atoms with Gasteiger partial charge < -0.3 is 5.73 Å². The van der Waals surface area contributed by atoms with Crippen LogP contribution in [0.15, 0.2) is 5.10 Å². The van der Waals surface area contributed by atoms with Crippen molar-refractivity contribution in [1.29, 1.82) is 0 Å². The lowest BCUT2D eigenvalue weighted by atomic mass is 10.3. The lowest BCUT2D eigenvalue weighted by Crippen LogP contribution is -2.28. The maximum absolute atomic E-state index is 5.49. The predicted molar refractivity (Wildman–Crippen MR) is 43.1 cm³/mol. The Bertz CT molecular complexity index is 110. The summed E-state index contributed by atoms with van der Waals surface area (Å²) in [5, 5.41) is 5.23. The van der Waals surface area contributed by atoms with Gasteiger partial charge in [-0.25, -0.2) is 11.0 Å². The van der Waals surface area contributed by atoms with E-state index in [9.17, 15) is 0 Å². The summed E-state index contributed by atoms with van der Waals surface area (Å²) >= 11 is 0.